The highest BCUT2D eigenvalue weighted by Crippen LogP contribution is 2.33. The molecule has 1 saturated heterocycles. The second-order valence-electron chi connectivity index (χ2n) is 7.27. The highest BCUT2D eigenvalue weighted by molar-refractivity contribution is 7.14. The van der Waals surface area contributed by atoms with Gasteiger partial charge in [0.25, 0.3) is 5.91 Å². The molecule has 0 saturated carbocycles. The van der Waals surface area contributed by atoms with E-state index in [1.165, 1.54) is 4.88 Å². The molecule has 3 heterocycles. The predicted molar refractivity (Wildman–Crippen MR) is 108 cm³/mol. The quantitative estimate of drug-likeness (QED) is 0.836. The maximum absolute atomic E-state index is 12.7. The molecule has 0 spiro atoms. The van der Waals surface area contributed by atoms with Crippen LogP contribution in [0.15, 0.2) is 30.5 Å². The van der Waals surface area contributed by atoms with Gasteiger partial charge in [0.15, 0.2) is 0 Å². The molecule has 2 aromatic rings. The zero-order valence-electron chi connectivity index (χ0n) is 15.9. The minimum Gasteiger partial charge on any atom is -0.378 e. The van der Waals surface area contributed by atoms with Crippen LogP contribution in [0.4, 0.5) is 0 Å². The van der Waals surface area contributed by atoms with Crippen molar-refractivity contribution in [1.82, 2.24) is 15.2 Å². The van der Waals surface area contributed by atoms with E-state index in [9.17, 15) is 9.59 Å². The van der Waals surface area contributed by atoms with Crippen molar-refractivity contribution in [3.05, 3.63) is 51.5 Å². The first-order chi connectivity index (χ1) is 13.7. The molecule has 148 valence electrons. The molecule has 0 aromatic carbocycles. The third-order valence-electron chi connectivity index (χ3n) is 5.37. The molecule has 1 N–H and O–H groups in total. The normalized spacial score (nSPS) is 19.1. The average molecular weight is 400 g/mol. The lowest BCUT2D eigenvalue weighted by Gasteiger charge is -2.26. The topological polar surface area (TPSA) is 71.5 Å². The fourth-order valence-corrected chi connectivity index (χ4v) is 4.96. The number of aromatic nitrogens is 1. The minimum atomic E-state index is -0.0165. The van der Waals surface area contributed by atoms with E-state index in [4.69, 9.17) is 4.74 Å². The Balaban J connectivity index is 1.32. The number of thiophene rings is 1. The van der Waals surface area contributed by atoms with Crippen LogP contribution in [0.3, 0.4) is 0 Å². The minimum absolute atomic E-state index is 0.0165. The van der Waals surface area contributed by atoms with Crippen LogP contribution in [-0.4, -0.2) is 54.5 Å². The lowest BCUT2D eigenvalue weighted by molar-refractivity contribution is -0.125. The molecule has 0 unspecified atom stereocenters. The number of hydrogen-bond donors (Lipinski definition) is 1. The molecule has 2 aromatic heterocycles. The van der Waals surface area contributed by atoms with Gasteiger partial charge in [-0.15, -0.1) is 11.3 Å². The lowest BCUT2D eigenvalue weighted by atomic mass is 9.87. The smallest absolute Gasteiger partial charge is 0.264 e. The molecule has 4 rings (SSSR count). The fourth-order valence-electron chi connectivity index (χ4n) is 3.78. The summed E-state index contributed by atoms with van der Waals surface area (Å²) in [5.74, 6) is 0.185. The van der Waals surface area contributed by atoms with Crippen LogP contribution in [0, 0.1) is 5.92 Å². The van der Waals surface area contributed by atoms with Crippen molar-refractivity contribution in [2.45, 2.75) is 25.7 Å². The van der Waals surface area contributed by atoms with E-state index in [0.717, 1.165) is 41.8 Å². The van der Waals surface area contributed by atoms with E-state index in [0.29, 0.717) is 32.8 Å². The van der Waals surface area contributed by atoms with Gasteiger partial charge >= 0.3 is 0 Å². The Morgan fingerprint density at radius 1 is 1.29 bits per heavy atom. The Morgan fingerprint density at radius 2 is 2.14 bits per heavy atom. The third kappa shape index (κ3) is 4.42. The van der Waals surface area contributed by atoms with Crippen LogP contribution in [0.25, 0.3) is 0 Å². The van der Waals surface area contributed by atoms with E-state index in [1.54, 1.807) is 17.5 Å². The van der Waals surface area contributed by atoms with Crippen molar-refractivity contribution in [2.75, 3.05) is 32.8 Å². The second kappa shape index (κ2) is 8.84. The van der Waals surface area contributed by atoms with Gasteiger partial charge in [-0.25, -0.2) is 0 Å². The number of pyridine rings is 1. The molecule has 1 fully saturated rings. The second-order valence-corrected chi connectivity index (χ2v) is 8.40. The lowest BCUT2D eigenvalue weighted by Crippen LogP contribution is -2.40. The van der Waals surface area contributed by atoms with Gasteiger partial charge in [-0.1, -0.05) is 6.07 Å². The molecule has 2 aliphatic rings. The molecule has 0 bridgehead atoms. The SMILES string of the molecule is O=C(NCCc1ccccn1)[C@H]1CCc2sc(C(=O)N3CCOCC3)cc2C1. The maximum atomic E-state index is 12.7. The first kappa shape index (κ1) is 19.1. The zero-order chi connectivity index (χ0) is 19.3. The number of fused-ring (bicyclic) bond motifs is 1. The summed E-state index contributed by atoms with van der Waals surface area (Å²) in [4.78, 5) is 33.5. The van der Waals surface area contributed by atoms with Gasteiger partial charge in [-0.05, 0) is 43.0 Å². The Bertz CT molecular complexity index is 831. The van der Waals surface area contributed by atoms with Crippen LogP contribution >= 0.6 is 11.3 Å². The van der Waals surface area contributed by atoms with E-state index < -0.39 is 0 Å². The number of carbonyl (C=O) groups excluding carboxylic acids is 2. The van der Waals surface area contributed by atoms with Gasteiger partial charge in [0.1, 0.15) is 0 Å². The molecule has 6 nitrogen and oxygen atoms in total. The highest BCUT2D eigenvalue weighted by atomic mass is 32.1. The molecule has 28 heavy (non-hydrogen) atoms. The Labute approximate surface area is 168 Å². The molecular formula is C21H25N3O3S. The van der Waals surface area contributed by atoms with Gasteiger partial charge in [-0.3, -0.25) is 14.6 Å². The van der Waals surface area contributed by atoms with Crippen molar-refractivity contribution >= 4 is 23.2 Å². The number of morpholine rings is 1. The molecule has 7 heteroatoms. The number of amides is 2. The highest BCUT2D eigenvalue weighted by Gasteiger charge is 2.28. The summed E-state index contributed by atoms with van der Waals surface area (Å²) < 4.78 is 5.33. The standard InChI is InChI=1S/C21H25N3O3S/c25-20(23-8-6-17-3-1-2-7-22-17)15-4-5-18-16(13-15)14-19(28-18)21(26)24-9-11-27-12-10-24/h1-3,7,14-15H,4-6,8-13H2,(H,23,25)/t15-/m0/s1. The Hall–Kier alpha value is -2.25. The number of rotatable bonds is 5. The third-order valence-corrected chi connectivity index (χ3v) is 6.59. The van der Waals surface area contributed by atoms with Crippen LogP contribution in [0.5, 0.6) is 0 Å². The van der Waals surface area contributed by atoms with Gasteiger partial charge in [0, 0.05) is 48.7 Å². The molecule has 2 amide bonds. The van der Waals surface area contributed by atoms with Crippen LogP contribution in [0.1, 0.15) is 32.2 Å². The molecule has 1 atom stereocenters. The number of carbonyl (C=O) groups is 2. The van der Waals surface area contributed by atoms with Crippen molar-refractivity contribution in [3.63, 3.8) is 0 Å². The van der Waals surface area contributed by atoms with Crippen LogP contribution < -0.4 is 5.32 Å². The number of nitrogens with one attached hydrogen (secondary N) is 1. The predicted octanol–water partition coefficient (Wildman–Crippen LogP) is 2.08. The van der Waals surface area contributed by atoms with E-state index >= 15 is 0 Å². The first-order valence-electron chi connectivity index (χ1n) is 9.87. The summed E-state index contributed by atoms with van der Waals surface area (Å²) in [6.45, 7) is 3.13. The monoisotopic (exact) mass is 399 g/mol. The molecular weight excluding hydrogens is 374 g/mol. The fraction of sp³-hybridized carbons (Fsp3) is 0.476. The average Bonchev–Trinajstić information content (AvgIpc) is 3.18. The van der Waals surface area contributed by atoms with Gasteiger partial charge in [0.2, 0.25) is 5.91 Å². The van der Waals surface area contributed by atoms with Crippen LogP contribution in [-0.2, 0) is 28.8 Å². The van der Waals surface area contributed by atoms with Gasteiger partial charge in [0.05, 0.1) is 18.1 Å². The summed E-state index contributed by atoms with van der Waals surface area (Å²) in [5, 5.41) is 3.05. The zero-order valence-corrected chi connectivity index (χ0v) is 16.7. The number of nitrogens with zero attached hydrogens (tertiary/aromatic N) is 2. The van der Waals surface area contributed by atoms with Crippen molar-refractivity contribution < 1.29 is 14.3 Å². The Morgan fingerprint density at radius 3 is 2.93 bits per heavy atom. The summed E-state index contributed by atoms with van der Waals surface area (Å²) >= 11 is 1.59. The summed E-state index contributed by atoms with van der Waals surface area (Å²) in [6, 6.07) is 7.82. The van der Waals surface area contributed by atoms with Crippen molar-refractivity contribution in [1.29, 1.82) is 0 Å². The van der Waals surface area contributed by atoms with Crippen LogP contribution in [0.2, 0.25) is 0 Å². The van der Waals surface area contributed by atoms with Gasteiger partial charge in [-0.2, -0.15) is 0 Å². The summed E-state index contributed by atoms with van der Waals surface area (Å²) in [6.07, 6.45) is 4.94. The van der Waals surface area contributed by atoms with Gasteiger partial charge < -0.3 is 15.0 Å². The number of hydrogen-bond acceptors (Lipinski definition) is 5. The number of aryl methyl sites for hydroxylation is 1. The summed E-state index contributed by atoms with van der Waals surface area (Å²) in [5.41, 5.74) is 2.15. The van der Waals surface area contributed by atoms with Crippen molar-refractivity contribution in [3.8, 4) is 0 Å². The Kier molecular flexibility index (Phi) is 6.02. The summed E-state index contributed by atoms with van der Waals surface area (Å²) in [7, 11) is 0. The van der Waals surface area contributed by atoms with Crippen molar-refractivity contribution in [2.24, 2.45) is 5.92 Å². The largest absolute Gasteiger partial charge is 0.378 e. The molecule has 1 aliphatic carbocycles. The maximum Gasteiger partial charge on any atom is 0.264 e. The number of ether oxygens (including phenoxy) is 1. The first-order valence-corrected chi connectivity index (χ1v) is 10.7. The molecule has 1 aliphatic heterocycles. The molecule has 0 radical (unpaired) electrons. The van der Waals surface area contributed by atoms with E-state index in [2.05, 4.69) is 10.3 Å². The van der Waals surface area contributed by atoms with E-state index in [-0.39, 0.29) is 17.7 Å². The van der Waals surface area contributed by atoms with E-state index in [1.807, 2.05) is 29.2 Å².